The van der Waals surface area contributed by atoms with E-state index in [0.717, 1.165) is 11.4 Å². The van der Waals surface area contributed by atoms with Gasteiger partial charge in [0.25, 0.3) is 10.0 Å². The second-order valence-corrected chi connectivity index (χ2v) is 4.83. The third-order valence-corrected chi connectivity index (χ3v) is 3.78. The van der Waals surface area contributed by atoms with Gasteiger partial charge in [0.15, 0.2) is 0 Å². The average Bonchev–Trinajstić information content (AvgIpc) is 2.51. The normalized spacial score (nSPS) is 10.6. The molecule has 0 saturated heterocycles. The fourth-order valence-electron chi connectivity index (χ4n) is 0.652. The molecule has 1 aromatic rings. The Morgan fingerprint density at radius 2 is 2.29 bits per heavy atom. The number of carboxylic acids is 1. The zero-order valence-corrected chi connectivity index (χ0v) is 8.12. The van der Waals surface area contributed by atoms with Gasteiger partial charge in [-0.15, -0.1) is 11.3 Å². The smallest absolute Gasteiger partial charge is 0.336 e. The second-order valence-electron chi connectivity index (χ2n) is 2.11. The van der Waals surface area contributed by atoms with E-state index in [4.69, 9.17) is 10.6 Å². The summed E-state index contributed by atoms with van der Waals surface area (Å²) in [5, 5.41) is 9.66. The van der Waals surface area contributed by atoms with E-state index in [0.29, 0.717) is 11.3 Å². The van der Waals surface area contributed by atoms with Crippen LogP contribution in [-0.4, -0.2) is 19.5 Å². The van der Waals surface area contributed by atoms with Crippen LogP contribution in [-0.2, 0) is 10.0 Å². The number of carbonyl (C=O) groups is 1. The average molecular weight is 233 g/mol. The first-order valence-electron chi connectivity index (χ1n) is 3.10. The van der Waals surface area contributed by atoms with Crippen molar-refractivity contribution >= 4 is 27.3 Å². The lowest BCUT2D eigenvalue weighted by Gasteiger charge is -1.87. The van der Waals surface area contributed by atoms with E-state index in [9.17, 15) is 13.2 Å². The largest absolute Gasteiger partial charge is 0.478 e. The Morgan fingerprint density at radius 1 is 1.64 bits per heavy atom. The highest BCUT2D eigenvalue weighted by molar-refractivity contribution is 7.92. The number of aromatic carboxylic acids is 1. The van der Waals surface area contributed by atoms with E-state index in [1.54, 1.807) is 0 Å². The lowest BCUT2D eigenvalue weighted by Crippen LogP contribution is -1.94. The predicted octanol–water partition coefficient (Wildman–Crippen LogP) is 1.45. The minimum absolute atomic E-state index is 0.151. The molecule has 0 fully saturated rings. The highest BCUT2D eigenvalue weighted by Crippen LogP contribution is 2.22. The molecule has 0 bridgehead atoms. The van der Waals surface area contributed by atoms with Gasteiger partial charge in [0.1, 0.15) is 4.21 Å². The summed E-state index contributed by atoms with van der Waals surface area (Å²) in [4.78, 5) is 12.5. The fourth-order valence-corrected chi connectivity index (χ4v) is 2.44. The van der Waals surface area contributed by atoms with Crippen LogP contribution in [0.2, 0.25) is 0 Å². The Hall–Kier alpha value is -1.57. The van der Waals surface area contributed by atoms with E-state index in [1.807, 2.05) is 0 Å². The van der Waals surface area contributed by atoms with Crippen molar-refractivity contribution in [2.75, 3.05) is 0 Å². The summed E-state index contributed by atoms with van der Waals surface area (Å²) in [5.74, 6) is -1.23. The zero-order valence-electron chi connectivity index (χ0n) is 6.48. The first-order valence-corrected chi connectivity index (χ1v) is 5.42. The molecule has 0 saturated carbocycles. The van der Waals surface area contributed by atoms with Crippen LogP contribution in [0.25, 0.3) is 10.4 Å². The van der Waals surface area contributed by atoms with Crippen LogP contribution < -0.4 is 0 Å². The van der Waals surface area contributed by atoms with Crippen molar-refractivity contribution in [1.82, 2.24) is 0 Å². The summed E-state index contributed by atoms with van der Waals surface area (Å²) in [6.07, 6.45) is 0. The number of carboxylic acid groups (broad SMARTS) is 1. The Labute approximate surface area is 82.3 Å². The molecule has 0 spiro atoms. The van der Waals surface area contributed by atoms with Gasteiger partial charge in [0, 0.05) is 14.8 Å². The molecule has 7 nitrogen and oxygen atoms in total. The zero-order chi connectivity index (χ0) is 10.8. The van der Waals surface area contributed by atoms with Crippen molar-refractivity contribution in [3.63, 3.8) is 0 Å². The van der Waals surface area contributed by atoms with Gasteiger partial charge in [-0.2, -0.15) is 0 Å². The fraction of sp³-hybridized carbons (Fsp3) is 0. The van der Waals surface area contributed by atoms with Gasteiger partial charge in [0.2, 0.25) is 0 Å². The number of hydrogen-bond donors (Lipinski definition) is 1. The van der Waals surface area contributed by atoms with E-state index in [-0.39, 0.29) is 9.77 Å². The molecular formula is C5H3N3O4S2. The number of thiophene rings is 1. The first-order chi connectivity index (χ1) is 6.47. The topological polar surface area (TPSA) is 120 Å². The van der Waals surface area contributed by atoms with Crippen LogP contribution in [0.4, 0.5) is 0 Å². The van der Waals surface area contributed by atoms with Crippen LogP contribution in [0.3, 0.4) is 0 Å². The summed E-state index contributed by atoms with van der Waals surface area (Å²) in [6, 6.07) is 0.941. The summed E-state index contributed by atoms with van der Waals surface area (Å²) < 4.78 is 24.4. The molecule has 74 valence electrons. The van der Waals surface area contributed by atoms with Crippen molar-refractivity contribution in [2.24, 2.45) is 4.52 Å². The molecule has 14 heavy (non-hydrogen) atoms. The highest BCUT2D eigenvalue weighted by atomic mass is 32.2. The molecule has 0 amide bonds. The van der Waals surface area contributed by atoms with Gasteiger partial charge in [-0.3, -0.25) is 0 Å². The van der Waals surface area contributed by atoms with Gasteiger partial charge >= 0.3 is 5.97 Å². The van der Waals surface area contributed by atoms with E-state index in [2.05, 4.69) is 9.43 Å². The maximum absolute atomic E-state index is 11.1. The third-order valence-electron chi connectivity index (χ3n) is 1.22. The van der Waals surface area contributed by atoms with Crippen molar-refractivity contribution in [2.45, 2.75) is 4.21 Å². The minimum atomic E-state index is -4.06. The lowest BCUT2D eigenvalue weighted by atomic mass is 10.4. The molecule has 0 aliphatic heterocycles. The Bertz CT molecular complexity index is 511. The molecule has 0 aliphatic rings. The van der Waals surface area contributed by atoms with Crippen LogP contribution in [0.15, 0.2) is 20.2 Å². The van der Waals surface area contributed by atoms with E-state index < -0.39 is 16.0 Å². The van der Waals surface area contributed by atoms with Crippen molar-refractivity contribution in [3.05, 3.63) is 27.5 Å². The summed E-state index contributed by atoms with van der Waals surface area (Å²) >= 11 is 0.691. The maximum Gasteiger partial charge on any atom is 0.336 e. The molecule has 1 rings (SSSR count). The summed E-state index contributed by atoms with van der Waals surface area (Å²) in [6.45, 7) is 0. The standard InChI is InChI=1S/C5H3N3O4S2/c6-7-8-14(11,12)4-1-3(2-13-4)5(9)10/h1-2H,(H,9,10). The molecule has 1 aromatic heterocycles. The van der Waals surface area contributed by atoms with Crippen LogP contribution in [0.5, 0.6) is 0 Å². The predicted molar refractivity (Wildman–Crippen MR) is 47.6 cm³/mol. The molecule has 1 N–H and O–H groups in total. The number of rotatable bonds is 3. The monoisotopic (exact) mass is 233 g/mol. The molecular weight excluding hydrogens is 230 g/mol. The number of hydrogen-bond acceptors (Lipinski definition) is 4. The molecule has 0 aromatic carbocycles. The third kappa shape index (κ3) is 2.02. The maximum atomic E-state index is 11.1. The minimum Gasteiger partial charge on any atom is -0.478 e. The molecule has 0 aliphatic carbocycles. The molecule has 9 heteroatoms. The molecule has 1 heterocycles. The lowest BCUT2D eigenvalue weighted by molar-refractivity contribution is 0.0697. The Balaban J connectivity index is 3.22. The van der Waals surface area contributed by atoms with Gasteiger partial charge in [-0.1, -0.05) is 0 Å². The molecule has 0 atom stereocenters. The van der Waals surface area contributed by atoms with Gasteiger partial charge < -0.3 is 5.11 Å². The number of sulfonamides is 1. The number of nitrogens with zero attached hydrogens (tertiary/aromatic N) is 3. The summed E-state index contributed by atoms with van der Waals surface area (Å²) in [7, 11) is -4.06. The summed E-state index contributed by atoms with van der Waals surface area (Å²) in [5.41, 5.74) is 7.80. The van der Waals surface area contributed by atoms with Crippen LogP contribution >= 0.6 is 11.3 Å². The van der Waals surface area contributed by atoms with E-state index in [1.165, 1.54) is 0 Å². The van der Waals surface area contributed by atoms with Crippen molar-refractivity contribution in [3.8, 4) is 0 Å². The van der Waals surface area contributed by atoms with Crippen LogP contribution in [0, 0.1) is 0 Å². The quantitative estimate of drug-likeness (QED) is 0.482. The van der Waals surface area contributed by atoms with Crippen molar-refractivity contribution < 1.29 is 18.3 Å². The molecule has 0 radical (unpaired) electrons. The van der Waals surface area contributed by atoms with E-state index >= 15 is 0 Å². The highest BCUT2D eigenvalue weighted by Gasteiger charge is 2.17. The van der Waals surface area contributed by atoms with Gasteiger partial charge in [0.05, 0.1) is 5.56 Å². The SMILES string of the molecule is [N-]=[N+]=NS(=O)(=O)c1cc(C(=O)O)cs1. The first kappa shape index (κ1) is 10.5. The van der Waals surface area contributed by atoms with Crippen molar-refractivity contribution in [1.29, 1.82) is 0 Å². The Morgan fingerprint density at radius 3 is 2.71 bits per heavy atom. The van der Waals surface area contributed by atoms with Crippen LogP contribution in [0.1, 0.15) is 10.4 Å². The van der Waals surface area contributed by atoms with Gasteiger partial charge in [-0.25, -0.2) is 13.2 Å². The number of azide groups is 1. The Kier molecular flexibility index (Phi) is 2.75. The molecule has 0 unspecified atom stereocenters. The van der Waals surface area contributed by atoms with Gasteiger partial charge in [-0.05, 0) is 11.6 Å². The second kappa shape index (κ2) is 3.66.